The van der Waals surface area contributed by atoms with E-state index in [4.69, 9.17) is 39.5 Å². The number of sulfonamides is 1. The molecule has 0 aromatic heterocycles. The van der Waals surface area contributed by atoms with Gasteiger partial charge in [-0.1, -0.05) is 40.9 Å². The lowest BCUT2D eigenvalue weighted by molar-refractivity contribution is 0.0302. The molecular formula is C18H17Cl3N2O4S. The number of benzene rings is 2. The van der Waals surface area contributed by atoms with Crippen LogP contribution in [0.2, 0.25) is 15.1 Å². The topological polar surface area (TPSA) is 75.7 Å². The summed E-state index contributed by atoms with van der Waals surface area (Å²) in [4.78, 5) is 14.4. The highest BCUT2D eigenvalue weighted by Gasteiger charge is 2.23. The molecule has 1 aliphatic heterocycles. The molecule has 2 aromatic rings. The van der Waals surface area contributed by atoms with Crippen molar-refractivity contribution in [3.63, 3.8) is 0 Å². The molecule has 28 heavy (non-hydrogen) atoms. The predicted molar refractivity (Wildman–Crippen MR) is 110 cm³/mol. The van der Waals surface area contributed by atoms with Crippen LogP contribution in [0.5, 0.6) is 0 Å². The second-order valence-corrected chi connectivity index (χ2v) is 9.14. The molecular weight excluding hydrogens is 447 g/mol. The van der Waals surface area contributed by atoms with Crippen LogP contribution in [0.15, 0.2) is 35.2 Å². The van der Waals surface area contributed by atoms with Crippen molar-refractivity contribution >= 4 is 56.4 Å². The standard InChI is InChI=1S/C18H17Cl3N2O4S/c1-11-2-3-12(8-13(11)18(24)23-4-6-27-7-5-23)28(25,26)22-17-10-15(20)14(19)9-16(17)21/h2-3,8-10,22H,4-7H2,1H3. The number of anilines is 1. The van der Waals surface area contributed by atoms with E-state index in [2.05, 4.69) is 4.72 Å². The highest BCUT2D eigenvalue weighted by atomic mass is 35.5. The summed E-state index contributed by atoms with van der Waals surface area (Å²) in [7, 11) is -4.00. The van der Waals surface area contributed by atoms with Crippen molar-refractivity contribution in [1.82, 2.24) is 4.90 Å². The van der Waals surface area contributed by atoms with E-state index in [1.807, 2.05) is 0 Å². The second-order valence-electron chi connectivity index (χ2n) is 6.23. The van der Waals surface area contributed by atoms with Crippen LogP contribution < -0.4 is 4.72 Å². The highest BCUT2D eigenvalue weighted by molar-refractivity contribution is 7.92. The summed E-state index contributed by atoms with van der Waals surface area (Å²) >= 11 is 17.9. The Bertz CT molecular complexity index is 1020. The lowest BCUT2D eigenvalue weighted by atomic mass is 10.1. The molecule has 0 radical (unpaired) electrons. The van der Waals surface area contributed by atoms with Crippen LogP contribution >= 0.6 is 34.8 Å². The number of hydrogen-bond acceptors (Lipinski definition) is 4. The van der Waals surface area contributed by atoms with Crippen molar-refractivity contribution in [2.24, 2.45) is 0 Å². The van der Waals surface area contributed by atoms with Gasteiger partial charge in [-0.2, -0.15) is 0 Å². The van der Waals surface area contributed by atoms with Gasteiger partial charge >= 0.3 is 0 Å². The summed E-state index contributed by atoms with van der Waals surface area (Å²) in [5, 5.41) is 0.480. The fourth-order valence-corrected chi connectivity index (χ4v) is 4.49. The van der Waals surface area contributed by atoms with Gasteiger partial charge in [0.2, 0.25) is 0 Å². The van der Waals surface area contributed by atoms with E-state index < -0.39 is 10.0 Å². The number of hydrogen-bond donors (Lipinski definition) is 1. The second kappa shape index (κ2) is 8.47. The molecule has 1 heterocycles. The van der Waals surface area contributed by atoms with Gasteiger partial charge in [-0.05, 0) is 36.8 Å². The molecule has 1 amide bonds. The normalized spacial score (nSPS) is 14.8. The van der Waals surface area contributed by atoms with E-state index in [1.54, 1.807) is 17.9 Å². The average molecular weight is 464 g/mol. The van der Waals surface area contributed by atoms with Gasteiger partial charge in [0.15, 0.2) is 0 Å². The van der Waals surface area contributed by atoms with Crippen LogP contribution in [-0.4, -0.2) is 45.5 Å². The van der Waals surface area contributed by atoms with Gasteiger partial charge in [0, 0.05) is 18.7 Å². The Balaban J connectivity index is 1.92. The smallest absolute Gasteiger partial charge is 0.261 e. The molecule has 0 atom stereocenters. The van der Waals surface area contributed by atoms with Gasteiger partial charge < -0.3 is 9.64 Å². The van der Waals surface area contributed by atoms with E-state index in [-0.39, 0.29) is 31.6 Å². The van der Waals surface area contributed by atoms with Gasteiger partial charge in [-0.15, -0.1) is 0 Å². The van der Waals surface area contributed by atoms with Crippen molar-refractivity contribution in [2.75, 3.05) is 31.0 Å². The first-order valence-corrected chi connectivity index (χ1v) is 11.0. The molecule has 6 nitrogen and oxygen atoms in total. The monoisotopic (exact) mass is 462 g/mol. The molecule has 0 spiro atoms. The van der Waals surface area contributed by atoms with Gasteiger partial charge in [-0.3, -0.25) is 9.52 Å². The Morgan fingerprint density at radius 1 is 1.04 bits per heavy atom. The first-order chi connectivity index (χ1) is 13.2. The number of morpholine rings is 1. The first-order valence-electron chi connectivity index (χ1n) is 8.34. The Hall–Kier alpha value is -1.51. The molecule has 0 unspecified atom stereocenters. The summed E-state index contributed by atoms with van der Waals surface area (Å²) in [5.74, 6) is -0.231. The molecule has 1 aliphatic rings. The van der Waals surface area contributed by atoms with Crippen molar-refractivity contribution in [3.8, 4) is 0 Å². The SMILES string of the molecule is Cc1ccc(S(=O)(=O)Nc2cc(Cl)c(Cl)cc2Cl)cc1C(=O)N1CCOCC1. The zero-order valence-electron chi connectivity index (χ0n) is 14.8. The van der Waals surface area contributed by atoms with Crippen molar-refractivity contribution in [3.05, 3.63) is 56.5 Å². The number of amides is 1. The minimum atomic E-state index is -4.00. The van der Waals surface area contributed by atoms with Crippen LogP contribution in [0.1, 0.15) is 15.9 Å². The Morgan fingerprint density at radius 2 is 1.68 bits per heavy atom. The third-order valence-corrected chi connectivity index (χ3v) is 6.70. The molecule has 0 saturated carbocycles. The molecule has 0 bridgehead atoms. The Morgan fingerprint density at radius 3 is 2.36 bits per heavy atom. The summed E-state index contributed by atoms with van der Waals surface area (Å²) in [5.41, 5.74) is 1.10. The molecule has 3 rings (SSSR count). The van der Waals surface area contributed by atoms with Crippen LogP contribution in [0.3, 0.4) is 0 Å². The average Bonchev–Trinajstić information content (AvgIpc) is 2.66. The maximum atomic E-state index is 12.8. The summed E-state index contributed by atoms with van der Waals surface area (Å²) in [6.45, 7) is 3.60. The summed E-state index contributed by atoms with van der Waals surface area (Å²) in [6, 6.07) is 7.07. The quantitative estimate of drug-likeness (QED) is 0.689. The molecule has 10 heteroatoms. The zero-order valence-corrected chi connectivity index (χ0v) is 17.9. The lowest BCUT2D eigenvalue weighted by Gasteiger charge is -2.27. The van der Waals surface area contributed by atoms with Crippen molar-refractivity contribution in [2.45, 2.75) is 11.8 Å². The van der Waals surface area contributed by atoms with E-state index >= 15 is 0 Å². The lowest BCUT2D eigenvalue weighted by Crippen LogP contribution is -2.41. The minimum Gasteiger partial charge on any atom is -0.378 e. The molecule has 2 aromatic carbocycles. The number of carbonyl (C=O) groups is 1. The number of carbonyl (C=O) groups excluding carboxylic acids is 1. The highest BCUT2D eigenvalue weighted by Crippen LogP contribution is 2.33. The minimum absolute atomic E-state index is 0.0585. The van der Waals surface area contributed by atoms with Crippen molar-refractivity contribution < 1.29 is 17.9 Å². The molecule has 1 saturated heterocycles. The maximum absolute atomic E-state index is 12.8. The van der Waals surface area contributed by atoms with E-state index in [0.29, 0.717) is 37.4 Å². The number of nitrogens with zero attached hydrogens (tertiary/aromatic N) is 1. The van der Waals surface area contributed by atoms with Crippen molar-refractivity contribution in [1.29, 1.82) is 0 Å². The number of ether oxygens (including phenoxy) is 1. The molecule has 0 aliphatic carbocycles. The van der Waals surface area contributed by atoms with Crippen LogP contribution in [-0.2, 0) is 14.8 Å². The number of halogens is 3. The maximum Gasteiger partial charge on any atom is 0.261 e. The predicted octanol–water partition coefficient (Wildman–Crippen LogP) is 4.23. The largest absolute Gasteiger partial charge is 0.378 e. The van der Waals surface area contributed by atoms with Gasteiger partial charge in [0.05, 0.1) is 38.9 Å². The Labute approximate surface area is 178 Å². The Kier molecular flexibility index (Phi) is 6.41. The zero-order chi connectivity index (χ0) is 20.5. The number of aryl methyl sites for hydroxylation is 1. The third-order valence-electron chi connectivity index (χ3n) is 4.30. The van der Waals surface area contributed by atoms with E-state index in [1.165, 1.54) is 24.3 Å². The van der Waals surface area contributed by atoms with E-state index in [9.17, 15) is 13.2 Å². The molecule has 150 valence electrons. The van der Waals surface area contributed by atoms with Crippen LogP contribution in [0, 0.1) is 6.92 Å². The van der Waals surface area contributed by atoms with Gasteiger partial charge in [0.1, 0.15) is 0 Å². The summed E-state index contributed by atoms with van der Waals surface area (Å²) in [6.07, 6.45) is 0. The third kappa shape index (κ3) is 4.55. The first kappa shape index (κ1) is 21.2. The van der Waals surface area contributed by atoms with Crippen LogP contribution in [0.4, 0.5) is 5.69 Å². The number of nitrogens with one attached hydrogen (secondary N) is 1. The fourth-order valence-electron chi connectivity index (χ4n) is 2.74. The fraction of sp³-hybridized carbons (Fsp3) is 0.278. The molecule has 1 N–H and O–H groups in total. The van der Waals surface area contributed by atoms with E-state index in [0.717, 1.165) is 0 Å². The molecule has 1 fully saturated rings. The van der Waals surface area contributed by atoms with Crippen LogP contribution in [0.25, 0.3) is 0 Å². The van der Waals surface area contributed by atoms with Gasteiger partial charge in [-0.25, -0.2) is 8.42 Å². The van der Waals surface area contributed by atoms with Gasteiger partial charge in [0.25, 0.3) is 15.9 Å². The summed E-state index contributed by atoms with van der Waals surface area (Å²) < 4.78 is 33.3. The number of rotatable bonds is 4.